The van der Waals surface area contributed by atoms with E-state index >= 15 is 0 Å². The number of rotatable bonds is 6. The first kappa shape index (κ1) is 20.5. The Morgan fingerprint density at radius 3 is 2.59 bits per heavy atom. The van der Waals surface area contributed by atoms with Gasteiger partial charge >= 0.3 is 0 Å². The van der Waals surface area contributed by atoms with Crippen LogP contribution >= 0.6 is 11.3 Å². The fraction of sp³-hybridized carbons (Fsp3) is 0.208. The maximum Gasteiger partial charge on any atom is 0.229 e. The largest absolute Gasteiger partial charge is 0.364 e. The molecule has 0 spiro atoms. The molecule has 9 nitrogen and oxygen atoms in total. The summed E-state index contributed by atoms with van der Waals surface area (Å²) in [7, 11) is 0. The predicted molar refractivity (Wildman–Crippen MR) is 135 cm³/mol. The molecule has 1 aliphatic heterocycles. The van der Waals surface area contributed by atoms with E-state index in [4.69, 9.17) is 9.97 Å². The van der Waals surface area contributed by atoms with Gasteiger partial charge in [-0.05, 0) is 35.2 Å². The van der Waals surface area contributed by atoms with E-state index in [-0.39, 0.29) is 0 Å². The lowest BCUT2D eigenvalue weighted by atomic mass is 10.3. The highest BCUT2D eigenvalue weighted by molar-refractivity contribution is 7.08. The second-order valence-corrected chi connectivity index (χ2v) is 8.80. The molecule has 6 heterocycles. The van der Waals surface area contributed by atoms with Gasteiger partial charge in [-0.1, -0.05) is 12.1 Å². The molecule has 0 saturated carbocycles. The van der Waals surface area contributed by atoms with Crippen LogP contribution in [0.4, 0.5) is 17.6 Å². The summed E-state index contributed by atoms with van der Waals surface area (Å²) in [6.45, 7) is 3.97. The minimum Gasteiger partial charge on any atom is -0.364 e. The van der Waals surface area contributed by atoms with Crippen LogP contribution in [0.25, 0.3) is 16.9 Å². The van der Waals surface area contributed by atoms with Gasteiger partial charge in [0, 0.05) is 56.7 Å². The third-order valence-electron chi connectivity index (χ3n) is 5.89. The maximum atomic E-state index is 4.96. The van der Waals surface area contributed by atoms with Gasteiger partial charge in [0.05, 0.1) is 5.69 Å². The summed E-state index contributed by atoms with van der Waals surface area (Å²) in [6.07, 6.45) is 7.29. The molecule has 10 heteroatoms. The van der Waals surface area contributed by atoms with Crippen molar-refractivity contribution in [3.8, 4) is 5.69 Å². The Hall–Kier alpha value is -4.05. The Bertz CT molecular complexity index is 1360. The number of nitrogens with zero attached hydrogens (tertiary/aromatic N) is 8. The van der Waals surface area contributed by atoms with Crippen molar-refractivity contribution in [2.75, 3.05) is 41.3 Å². The Morgan fingerprint density at radius 1 is 0.912 bits per heavy atom. The molecule has 0 unspecified atom stereocenters. The van der Waals surface area contributed by atoms with E-state index in [9.17, 15) is 0 Å². The van der Waals surface area contributed by atoms with Crippen molar-refractivity contribution in [3.63, 3.8) is 0 Å². The van der Waals surface area contributed by atoms with Gasteiger partial charge in [0.25, 0.3) is 0 Å². The lowest BCUT2D eigenvalue weighted by Gasteiger charge is -2.35. The number of hydrogen-bond acceptors (Lipinski definition) is 9. The second kappa shape index (κ2) is 9.06. The zero-order chi connectivity index (χ0) is 22.7. The van der Waals surface area contributed by atoms with Crippen molar-refractivity contribution in [1.82, 2.24) is 29.5 Å². The van der Waals surface area contributed by atoms with E-state index < -0.39 is 0 Å². The molecule has 34 heavy (non-hydrogen) atoms. The van der Waals surface area contributed by atoms with Crippen molar-refractivity contribution >= 4 is 40.1 Å². The summed E-state index contributed by atoms with van der Waals surface area (Å²) in [5.74, 6) is 2.44. The summed E-state index contributed by atoms with van der Waals surface area (Å²) in [5.41, 5.74) is 3.68. The highest BCUT2D eigenvalue weighted by Gasteiger charge is 2.23. The minimum atomic E-state index is 0.609. The first-order valence-corrected chi connectivity index (χ1v) is 12.1. The minimum absolute atomic E-state index is 0.609. The third-order valence-corrected chi connectivity index (χ3v) is 6.56. The number of fused-ring (bicyclic) bond motifs is 1. The van der Waals surface area contributed by atoms with Crippen LogP contribution in [-0.4, -0.2) is 55.7 Å². The average molecular weight is 470 g/mol. The molecule has 1 N–H and O–H groups in total. The van der Waals surface area contributed by atoms with Crippen molar-refractivity contribution in [1.29, 1.82) is 0 Å². The highest BCUT2D eigenvalue weighted by atomic mass is 32.1. The van der Waals surface area contributed by atoms with Crippen LogP contribution in [0.3, 0.4) is 0 Å². The van der Waals surface area contributed by atoms with Gasteiger partial charge in [0.2, 0.25) is 5.95 Å². The van der Waals surface area contributed by atoms with Crippen LogP contribution in [0, 0.1) is 0 Å². The number of nitrogens with one attached hydrogen (secondary N) is 1. The highest BCUT2D eigenvalue weighted by Crippen LogP contribution is 2.27. The molecule has 1 saturated heterocycles. The fourth-order valence-electron chi connectivity index (χ4n) is 4.10. The molecule has 170 valence electrons. The summed E-state index contributed by atoms with van der Waals surface area (Å²) in [4.78, 5) is 27.8. The molecule has 0 aliphatic carbocycles. The van der Waals surface area contributed by atoms with Crippen LogP contribution in [0.15, 0.2) is 72.1 Å². The first-order chi connectivity index (χ1) is 16.8. The summed E-state index contributed by atoms with van der Waals surface area (Å²) < 4.78 is 2.02. The smallest absolute Gasteiger partial charge is 0.229 e. The standard InChI is InChI=1S/C24H23N9S/c1-2-8-26-20(5-1)31-9-11-32(12-10-31)24-29-22(27-15-18-4-3-7-25-14-18)21-23(30-24)33(17-28-21)19-6-13-34-16-19/h1-8,13-14,16-17H,9-12,15H2,(H,27,29,30). The van der Waals surface area contributed by atoms with E-state index in [1.54, 1.807) is 17.5 Å². The van der Waals surface area contributed by atoms with Crippen LogP contribution in [0.2, 0.25) is 0 Å². The van der Waals surface area contributed by atoms with Crippen LogP contribution < -0.4 is 15.1 Å². The average Bonchev–Trinajstić information content (AvgIpc) is 3.58. The van der Waals surface area contributed by atoms with Gasteiger partial charge in [-0.25, -0.2) is 9.97 Å². The number of thiophene rings is 1. The zero-order valence-electron chi connectivity index (χ0n) is 18.4. The lowest BCUT2D eigenvalue weighted by molar-refractivity contribution is 0.635. The molecular weight excluding hydrogens is 446 g/mol. The van der Waals surface area contributed by atoms with E-state index in [1.807, 2.05) is 47.6 Å². The number of piperazine rings is 1. The van der Waals surface area contributed by atoms with Gasteiger partial charge in [0.15, 0.2) is 17.0 Å². The Kier molecular flexibility index (Phi) is 5.48. The number of imidazole rings is 1. The fourth-order valence-corrected chi connectivity index (χ4v) is 4.73. The molecule has 1 aliphatic rings. The molecule has 0 amide bonds. The van der Waals surface area contributed by atoms with Crippen molar-refractivity contribution < 1.29 is 0 Å². The van der Waals surface area contributed by atoms with Gasteiger partial charge in [-0.3, -0.25) is 9.55 Å². The number of aromatic nitrogens is 6. The molecule has 5 aromatic rings. The molecular formula is C24H23N9S. The molecule has 0 atom stereocenters. The van der Waals surface area contributed by atoms with Gasteiger partial charge in [-0.2, -0.15) is 21.3 Å². The number of anilines is 3. The Balaban J connectivity index is 1.32. The predicted octanol–water partition coefficient (Wildman–Crippen LogP) is 3.61. The van der Waals surface area contributed by atoms with Crippen LogP contribution in [-0.2, 0) is 6.54 Å². The topological polar surface area (TPSA) is 87.9 Å². The van der Waals surface area contributed by atoms with Crippen molar-refractivity contribution in [2.45, 2.75) is 6.54 Å². The maximum absolute atomic E-state index is 4.96. The van der Waals surface area contributed by atoms with Gasteiger partial charge < -0.3 is 15.1 Å². The van der Waals surface area contributed by atoms with E-state index in [0.29, 0.717) is 12.5 Å². The third kappa shape index (κ3) is 4.03. The van der Waals surface area contributed by atoms with E-state index in [1.165, 1.54) is 0 Å². The summed E-state index contributed by atoms with van der Waals surface area (Å²) >= 11 is 1.65. The van der Waals surface area contributed by atoms with E-state index in [0.717, 1.165) is 60.2 Å². The lowest BCUT2D eigenvalue weighted by Crippen LogP contribution is -2.47. The Labute approximate surface area is 200 Å². The van der Waals surface area contributed by atoms with Crippen LogP contribution in [0.5, 0.6) is 0 Å². The number of hydrogen-bond donors (Lipinski definition) is 1. The zero-order valence-corrected chi connectivity index (χ0v) is 19.3. The number of pyridine rings is 2. The second-order valence-electron chi connectivity index (χ2n) is 8.02. The van der Waals surface area contributed by atoms with Crippen molar-refractivity contribution in [3.05, 3.63) is 77.6 Å². The molecule has 0 radical (unpaired) electrons. The van der Waals surface area contributed by atoms with Crippen LogP contribution in [0.1, 0.15) is 5.56 Å². The molecule has 1 fully saturated rings. The first-order valence-electron chi connectivity index (χ1n) is 11.2. The molecule has 0 bridgehead atoms. The van der Waals surface area contributed by atoms with Crippen molar-refractivity contribution in [2.24, 2.45) is 0 Å². The summed E-state index contributed by atoms with van der Waals surface area (Å²) in [5, 5.41) is 7.62. The molecule has 0 aromatic carbocycles. The van der Waals surface area contributed by atoms with Gasteiger partial charge in [-0.15, -0.1) is 0 Å². The quantitative estimate of drug-likeness (QED) is 0.404. The summed E-state index contributed by atoms with van der Waals surface area (Å²) in [6, 6.07) is 12.1. The Morgan fingerprint density at radius 2 is 1.82 bits per heavy atom. The SMILES string of the molecule is c1ccc(N2CCN(c3nc(NCc4cccnc4)c4ncn(-c5ccsc5)c4n3)CC2)nc1. The normalized spacial score (nSPS) is 14.0. The molecule has 6 rings (SSSR count). The van der Waals surface area contributed by atoms with E-state index in [2.05, 4.69) is 53.0 Å². The van der Waals surface area contributed by atoms with Gasteiger partial charge in [0.1, 0.15) is 12.1 Å². The molecule has 5 aromatic heterocycles. The monoisotopic (exact) mass is 469 g/mol.